The molecule has 3 rings (SSSR count). The molecule has 0 radical (unpaired) electrons. The zero-order chi connectivity index (χ0) is 15.9. The van der Waals surface area contributed by atoms with Gasteiger partial charge in [0.2, 0.25) is 17.8 Å². The molecular formula is C14H14ClN5O2. The summed E-state index contributed by atoms with van der Waals surface area (Å²) in [5.74, 6) is 0.147. The van der Waals surface area contributed by atoms with Crippen LogP contribution < -0.4 is 10.6 Å². The molecule has 1 aromatic heterocycles. The van der Waals surface area contributed by atoms with E-state index >= 15 is 0 Å². The summed E-state index contributed by atoms with van der Waals surface area (Å²) in [7, 11) is 0. The van der Waals surface area contributed by atoms with Gasteiger partial charge >= 0.3 is 0 Å². The van der Waals surface area contributed by atoms with Gasteiger partial charge in [-0.05, 0) is 31.5 Å². The Hall–Kier alpha value is -2.41. The number of halogens is 1. The van der Waals surface area contributed by atoms with Crippen LogP contribution in [0.25, 0.3) is 0 Å². The summed E-state index contributed by atoms with van der Waals surface area (Å²) in [5, 5.41) is 9.94. The first kappa shape index (κ1) is 14.5. The molecule has 114 valence electrons. The summed E-state index contributed by atoms with van der Waals surface area (Å²) in [6, 6.07) is 4.59. The highest BCUT2D eigenvalue weighted by molar-refractivity contribution is 6.33. The number of benzene rings is 1. The molecule has 0 saturated heterocycles. The van der Waals surface area contributed by atoms with Crippen molar-refractivity contribution in [2.75, 3.05) is 10.6 Å². The first-order valence-electron chi connectivity index (χ1n) is 6.74. The molecule has 2 aromatic rings. The molecule has 7 nitrogen and oxygen atoms in total. The lowest BCUT2D eigenvalue weighted by molar-refractivity contribution is -0.125. The predicted molar refractivity (Wildman–Crippen MR) is 81.9 cm³/mol. The van der Waals surface area contributed by atoms with Gasteiger partial charge in [-0.15, -0.1) is 0 Å². The van der Waals surface area contributed by atoms with Crippen molar-refractivity contribution in [2.45, 2.75) is 26.3 Å². The minimum Gasteiger partial charge on any atom is -0.323 e. The van der Waals surface area contributed by atoms with Crippen molar-refractivity contribution in [1.29, 1.82) is 0 Å². The van der Waals surface area contributed by atoms with Crippen LogP contribution in [0.3, 0.4) is 0 Å². The molecule has 0 aliphatic carbocycles. The van der Waals surface area contributed by atoms with Gasteiger partial charge in [-0.2, -0.15) is 10.1 Å². The Morgan fingerprint density at radius 3 is 2.95 bits per heavy atom. The summed E-state index contributed by atoms with van der Waals surface area (Å²) < 4.78 is 1.42. The van der Waals surface area contributed by atoms with Crippen LogP contribution in [0.4, 0.5) is 11.6 Å². The van der Waals surface area contributed by atoms with E-state index in [0.29, 0.717) is 16.5 Å². The highest BCUT2D eigenvalue weighted by atomic mass is 35.5. The van der Waals surface area contributed by atoms with Crippen molar-refractivity contribution in [2.24, 2.45) is 0 Å². The zero-order valence-corrected chi connectivity index (χ0v) is 12.8. The van der Waals surface area contributed by atoms with E-state index in [4.69, 9.17) is 11.6 Å². The number of aryl methyl sites for hydroxylation is 2. The normalized spacial score (nSPS) is 16.9. The fraction of sp³-hybridized carbons (Fsp3) is 0.286. The Morgan fingerprint density at radius 2 is 2.23 bits per heavy atom. The third-order valence-corrected chi connectivity index (χ3v) is 3.66. The van der Waals surface area contributed by atoms with Crippen LogP contribution in [0.1, 0.15) is 23.9 Å². The molecule has 0 fully saturated rings. The smallest absolute Gasteiger partial charge is 0.249 e. The van der Waals surface area contributed by atoms with Crippen LogP contribution >= 0.6 is 11.6 Å². The van der Waals surface area contributed by atoms with Gasteiger partial charge in [0.1, 0.15) is 11.9 Å². The molecule has 2 amide bonds. The third-order valence-electron chi connectivity index (χ3n) is 3.35. The standard InChI is InChI=1S/C14H14ClN5O2/c1-7-3-4-10(9(15)5-7)17-13(22)11-6-12(21)18-14-16-8(2)19-20(11)14/h3-5,11H,6H2,1-2H3,(H,17,22)(H,16,18,19,21). The molecule has 1 aromatic carbocycles. The number of anilines is 2. The van der Waals surface area contributed by atoms with Gasteiger partial charge in [-0.1, -0.05) is 17.7 Å². The number of hydrogen-bond acceptors (Lipinski definition) is 4. The van der Waals surface area contributed by atoms with E-state index in [2.05, 4.69) is 20.7 Å². The molecule has 1 aliphatic rings. The number of fused-ring (bicyclic) bond motifs is 1. The van der Waals surface area contributed by atoms with Crippen LogP contribution in [-0.4, -0.2) is 26.6 Å². The maximum Gasteiger partial charge on any atom is 0.249 e. The SMILES string of the molecule is Cc1ccc(NC(=O)C2CC(=O)Nc3nc(C)nn32)c(Cl)c1. The number of carbonyl (C=O) groups is 2. The minimum atomic E-state index is -0.748. The van der Waals surface area contributed by atoms with Gasteiger partial charge in [0.25, 0.3) is 0 Å². The lowest BCUT2D eigenvalue weighted by Gasteiger charge is -2.22. The first-order chi connectivity index (χ1) is 10.4. The van der Waals surface area contributed by atoms with Crippen molar-refractivity contribution >= 4 is 35.1 Å². The second-order valence-electron chi connectivity index (χ2n) is 5.17. The molecule has 1 aliphatic heterocycles. The van der Waals surface area contributed by atoms with E-state index in [1.807, 2.05) is 13.0 Å². The Balaban J connectivity index is 1.87. The number of amides is 2. The molecular weight excluding hydrogens is 306 g/mol. The molecule has 0 saturated carbocycles. The van der Waals surface area contributed by atoms with Gasteiger partial charge < -0.3 is 5.32 Å². The molecule has 0 spiro atoms. The van der Waals surface area contributed by atoms with Gasteiger partial charge in [-0.3, -0.25) is 14.9 Å². The van der Waals surface area contributed by atoms with Gasteiger partial charge in [0, 0.05) is 0 Å². The number of nitrogens with zero attached hydrogens (tertiary/aromatic N) is 3. The monoisotopic (exact) mass is 319 g/mol. The van der Waals surface area contributed by atoms with Crippen molar-refractivity contribution in [3.63, 3.8) is 0 Å². The van der Waals surface area contributed by atoms with Crippen molar-refractivity contribution in [3.05, 3.63) is 34.6 Å². The van der Waals surface area contributed by atoms with E-state index in [9.17, 15) is 9.59 Å². The van der Waals surface area contributed by atoms with E-state index in [-0.39, 0.29) is 24.2 Å². The van der Waals surface area contributed by atoms with E-state index in [1.165, 1.54) is 4.68 Å². The van der Waals surface area contributed by atoms with Crippen LogP contribution in [0, 0.1) is 13.8 Å². The molecule has 8 heteroatoms. The second-order valence-corrected chi connectivity index (χ2v) is 5.58. The summed E-state index contributed by atoms with van der Waals surface area (Å²) >= 11 is 6.12. The summed E-state index contributed by atoms with van der Waals surface area (Å²) in [4.78, 5) is 28.3. The van der Waals surface area contributed by atoms with E-state index in [1.54, 1.807) is 19.1 Å². The highest BCUT2D eigenvalue weighted by Gasteiger charge is 2.32. The average Bonchev–Trinajstić information content (AvgIpc) is 2.80. The number of aromatic nitrogens is 3. The lowest BCUT2D eigenvalue weighted by atomic mass is 10.1. The van der Waals surface area contributed by atoms with Crippen LogP contribution in [0.2, 0.25) is 5.02 Å². The number of rotatable bonds is 2. The molecule has 1 atom stereocenters. The van der Waals surface area contributed by atoms with Crippen LogP contribution in [-0.2, 0) is 9.59 Å². The Kier molecular flexibility index (Phi) is 3.58. The fourth-order valence-corrected chi connectivity index (χ4v) is 2.59. The average molecular weight is 320 g/mol. The third kappa shape index (κ3) is 2.67. The molecule has 0 bridgehead atoms. The van der Waals surface area contributed by atoms with Gasteiger partial charge in [0.05, 0.1) is 17.1 Å². The van der Waals surface area contributed by atoms with Crippen LogP contribution in [0.15, 0.2) is 18.2 Å². The quantitative estimate of drug-likeness (QED) is 0.886. The first-order valence-corrected chi connectivity index (χ1v) is 7.12. The molecule has 2 heterocycles. The maximum absolute atomic E-state index is 12.5. The summed E-state index contributed by atoms with van der Waals surface area (Å²) in [6.07, 6.45) is 0.00507. The molecule has 22 heavy (non-hydrogen) atoms. The van der Waals surface area contributed by atoms with Crippen molar-refractivity contribution in [3.8, 4) is 0 Å². The topological polar surface area (TPSA) is 88.9 Å². The van der Waals surface area contributed by atoms with E-state index < -0.39 is 6.04 Å². The Bertz CT molecular complexity index is 771. The highest BCUT2D eigenvalue weighted by Crippen LogP contribution is 2.27. The number of hydrogen-bond donors (Lipinski definition) is 2. The summed E-state index contributed by atoms with van der Waals surface area (Å²) in [6.45, 7) is 3.61. The Labute approximate surface area is 131 Å². The van der Waals surface area contributed by atoms with Gasteiger partial charge in [-0.25, -0.2) is 4.68 Å². The molecule has 2 N–H and O–H groups in total. The van der Waals surface area contributed by atoms with Crippen molar-refractivity contribution < 1.29 is 9.59 Å². The second kappa shape index (κ2) is 5.42. The minimum absolute atomic E-state index is 0.00507. The van der Waals surface area contributed by atoms with E-state index in [0.717, 1.165) is 5.56 Å². The van der Waals surface area contributed by atoms with Gasteiger partial charge in [0.15, 0.2) is 0 Å². The maximum atomic E-state index is 12.5. The predicted octanol–water partition coefficient (Wildman–Crippen LogP) is 2.07. The zero-order valence-electron chi connectivity index (χ0n) is 12.1. The fourth-order valence-electron chi connectivity index (χ4n) is 2.31. The lowest BCUT2D eigenvalue weighted by Crippen LogP contribution is -2.36. The molecule has 1 unspecified atom stereocenters. The number of carbonyl (C=O) groups excluding carboxylic acids is 2. The van der Waals surface area contributed by atoms with Crippen LogP contribution in [0.5, 0.6) is 0 Å². The van der Waals surface area contributed by atoms with Crippen molar-refractivity contribution in [1.82, 2.24) is 14.8 Å². The largest absolute Gasteiger partial charge is 0.323 e. The number of nitrogens with one attached hydrogen (secondary N) is 2. The Morgan fingerprint density at radius 1 is 1.45 bits per heavy atom. The summed E-state index contributed by atoms with van der Waals surface area (Å²) in [5.41, 5.74) is 1.50.